The number of aliphatic hydroxyl groups is 1. The van der Waals surface area contributed by atoms with E-state index in [2.05, 4.69) is 111 Å². The molecule has 0 radical (unpaired) electrons. The topological polar surface area (TPSA) is 155 Å². The molecule has 0 heterocycles. The molecule has 2 unspecified atom stereocenters. The zero-order valence-corrected chi connectivity index (χ0v) is 34.8. The minimum Gasteiger partial charge on any atom is -0.462 e. The summed E-state index contributed by atoms with van der Waals surface area (Å²) in [5.74, 6) is -1.18. The SMILES string of the molecule is CC/C=C\C/C=C\C/C=C\C/C=C\C/C=C\C=C/C(O)CCC(=O)OC[C@H](COP(=O)(O)OCCN)OC(=O)CCCC/C=C\C/C=C\C/C=C\C/C=C\CC. The van der Waals surface area contributed by atoms with Crippen molar-refractivity contribution < 1.29 is 42.7 Å². The summed E-state index contributed by atoms with van der Waals surface area (Å²) in [5.41, 5.74) is 5.32. The molecule has 0 fully saturated rings. The zero-order valence-electron chi connectivity index (χ0n) is 33.9. The predicted molar refractivity (Wildman–Crippen MR) is 230 cm³/mol. The number of phosphoric acid groups is 1. The molecule has 0 saturated heterocycles. The lowest BCUT2D eigenvalue weighted by atomic mass is 10.2. The van der Waals surface area contributed by atoms with E-state index >= 15 is 0 Å². The normalized spacial score (nSPS) is 15.2. The van der Waals surface area contributed by atoms with Crippen LogP contribution in [0.1, 0.15) is 110 Å². The summed E-state index contributed by atoms with van der Waals surface area (Å²) in [4.78, 5) is 34.8. The summed E-state index contributed by atoms with van der Waals surface area (Å²) < 4.78 is 32.5. The number of ether oxygens (including phenoxy) is 2. The highest BCUT2D eigenvalue weighted by atomic mass is 31.2. The summed E-state index contributed by atoms with van der Waals surface area (Å²) in [5, 5.41) is 10.2. The monoisotopic (exact) mass is 799 g/mol. The average molecular weight is 800 g/mol. The zero-order chi connectivity index (χ0) is 41.2. The van der Waals surface area contributed by atoms with E-state index in [0.29, 0.717) is 6.42 Å². The average Bonchev–Trinajstić information content (AvgIpc) is 3.18. The van der Waals surface area contributed by atoms with Gasteiger partial charge in [0, 0.05) is 19.4 Å². The lowest BCUT2D eigenvalue weighted by Crippen LogP contribution is -2.29. The number of phosphoric ester groups is 1. The summed E-state index contributed by atoms with van der Waals surface area (Å²) in [7, 11) is -4.45. The van der Waals surface area contributed by atoms with E-state index in [0.717, 1.165) is 70.6 Å². The third-order valence-electron chi connectivity index (χ3n) is 7.46. The maximum atomic E-state index is 12.5. The van der Waals surface area contributed by atoms with Gasteiger partial charge in [-0.2, -0.15) is 0 Å². The first-order valence-electron chi connectivity index (χ1n) is 20.1. The van der Waals surface area contributed by atoms with Crippen LogP contribution < -0.4 is 5.73 Å². The fourth-order valence-corrected chi connectivity index (χ4v) is 5.26. The molecule has 0 aliphatic rings. The number of carbonyl (C=O) groups is 2. The largest absolute Gasteiger partial charge is 0.472 e. The third kappa shape index (κ3) is 38.6. The summed E-state index contributed by atoms with van der Waals surface area (Å²) in [6.45, 7) is 3.13. The third-order valence-corrected chi connectivity index (χ3v) is 8.44. The number of carbonyl (C=O) groups excluding carboxylic acids is 2. The smallest absolute Gasteiger partial charge is 0.462 e. The molecule has 3 atom stereocenters. The maximum absolute atomic E-state index is 12.5. The van der Waals surface area contributed by atoms with Crippen molar-refractivity contribution in [1.29, 1.82) is 0 Å². The molecule has 0 aromatic carbocycles. The van der Waals surface area contributed by atoms with Crippen LogP contribution >= 0.6 is 7.82 Å². The highest BCUT2D eigenvalue weighted by molar-refractivity contribution is 7.47. The van der Waals surface area contributed by atoms with Crippen LogP contribution in [0.25, 0.3) is 0 Å². The fourth-order valence-electron chi connectivity index (χ4n) is 4.50. The van der Waals surface area contributed by atoms with E-state index in [1.807, 2.05) is 12.2 Å². The Balaban J connectivity index is 4.53. The van der Waals surface area contributed by atoms with E-state index in [9.17, 15) is 24.2 Å². The van der Waals surface area contributed by atoms with Crippen molar-refractivity contribution >= 4 is 19.8 Å². The Morgan fingerprint density at radius 3 is 1.64 bits per heavy atom. The Morgan fingerprint density at radius 1 is 0.625 bits per heavy atom. The number of nitrogens with two attached hydrogens (primary N) is 1. The summed E-state index contributed by atoms with van der Waals surface area (Å²) in [6.07, 6.45) is 50.0. The maximum Gasteiger partial charge on any atom is 0.472 e. The summed E-state index contributed by atoms with van der Waals surface area (Å²) in [6, 6.07) is 0. The van der Waals surface area contributed by atoms with E-state index in [-0.39, 0.29) is 32.4 Å². The van der Waals surface area contributed by atoms with Crippen LogP contribution in [0.15, 0.2) is 122 Å². The fraction of sp³-hybridized carbons (Fsp3) is 0.511. The number of unbranched alkanes of at least 4 members (excludes halogenated alkanes) is 2. The summed E-state index contributed by atoms with van der Waals surface area (Å²) >= 11 is 0. The minimum absolute atomic E-state index is 0.00814. The van der Waals surface area contributed by atoms with Crippen LogP contribution in [0.3, 0.4) is 0 Å². The van der Waals surface area contributed by atoms with Crippen molar-refractivity contribution in [2.24, 2.45) is 5.73 Å². The van der Waals surface area contributed by atoms with Crippen LogP contribution in [-0.4, -0.2) is 60.5 Å². The van der Waals surface area contributed by atoms with Gasteiger partial charge in [-0.3, -0.25) is 18.6 Å². The van der Waals surface area contributed by atoms with Gasteiger partial charge in [-0.1, -0.05) is 135 Å². The standard InChI is InChI=1S/C45H70NO9P/c1-3-5-7-9-11-13-15-17-19-21-22-24-26-28-30-32-34-42(47)36-37-44(48)52-40-43(41-54-56(50,51)53-39-38-46)55-45(49)35-33-31-29-27-25-23-20-18-16-14-12-10-8-6-4-2/h5-8,11-14,17-20,22,24-25,27-28,30,32,34,42-43,47H,3-4,9-10,15-16,21,23,26,29,31,33,35-41,46H2,1-2H3,(H,50,51)/b7-5-,8-6-,13-11-,14-12-,19-17-,20-18-,24-22-,27-25-,30-28-,34-32-/t42?,43-/m1/s1. The first-order valence-corrected chi connectivity index (χ1v) is 21.6. The molecule has 56 heavy (non-hydrogen) atoms. The molecule has 0 saturated carbocycles. The Labute approximate surface area is 337 Å². The first kappa shape index (κ1) is 52.4. The van der Waals surface area contributed by atoms with E-state index in [1.54, 1.807) is 12.2 Å². The molecule has 4 N–H and O–H groups in total. The van der Waals surface area contributed by atoms with Crippen LogP contribution in [-0.2, 0) is 32.7 Å². The van der Waals surface area contributed by atoms with Crippen LogP contribution in [0.2, 0.25) is 0 Å². The van der Waals surface area contributed by atoms with Gasteiger partial charge in [-0.05, 0) is 83.5 Å². The second-order valence-corrected chi connectivity index (χ2v) is 14.0. The van der Waals surface area contributed by atoms with Gasteiger partial charge >= 0.3 is 19.8 Å². The Kier molecular flexibility index (Phi) is 37.0. The molecule has 0 aromatic heterocycles. The number of hydrogen-bond donors (Lipinski definition) is 3. The first-order chi connectivity index (χ1) is 27.2. The number of hydrogen-bond acceptors (Lipinski definition) is 9. The number of esters is 2. The molecule has 0 rings (SSSR count). The Hall–Kier alpha value is -3.63. The van der Waals surface area contributed by atoms with Crippen LogP contribution in [0.4, 0.5) is 0 Å². The van der Waals surface area contributed by atoms with Crippen LogP contribution in [0, 0.1) is 0 Å². The van der Waals surface area contributed by atoms with Crippen molar-refractivity contribution in [3.8, 4) is 0 Å². The molecular formula is C45H70NO9P. The van der Waals surface area contributed by atoms with Gasteiger partial charge in [-0.15, -0.1) is 0 Å². The van der Waals surface area contributed by atoms with Gasteiger partial charge in [0.2, 0.25) is 0 Å². The van der Waals surface area contributed by atoms with E-state index in [1.165, 1.54) is 0 Å². The Bertz CT molecular complexity index is 1340. The molecular weight excluding hydrogens is 729 g/mol. The molecule has 0 bridgehead atoms. The molecule has 0 spiro atoms. The molecule has 0 aliphatic heterocycles. The van der Waals surface area contributed by atoms with Gasteiger partial charge < -0.3 is 25.2 Å². The Morgan fingerprint density at radius 2 is 1.12 bits per heavy atom. The highest BCUT2D eigenvalue weighted by Gasteiger charge is 2.26. The minimum atomic E-state index is -4.45. The molecule has 10 nitrogen and oxygen atoms in total. The van der Waals surface area contributed by atoms with Gasteiger partial charge in [0.1, 0.15) is 6.61 Å². The second kappa shape index (κ2) is 39.6. The quantitative estimate of drug-likeness (QED) is 0.0185. The molecule has 0 amide bonds. The number of aliphatic hydroxyl groups excluding tert-OH is 1. The second-order valence-electron chi connectivity index (χ2n) is 12.6. The highest BCUT2D eigenvalue weighted by Crippen LogP contribution is 2.43. The molecule has 0 aromatic rings. The number of rotatable bonds is 35. The molecule has 11 heteroatoms. The lowest BCUT2D eigenvalue weighted by Gasteiger charge is -2.20. The van der Waals surface area contributed by atoms with Crippen LogP contribution in [0.5, 0.6) is 0 Å². The van der Waals surface area contributed by atoms with Crippen molar-refractivity contribution in [1.82, 2.24) is 0 Å². The lowest BCUT2D eigenvalue weighted by molar-refractivity contribution is -0.161. The molecule has 0 aliphatic carbocycles. The van der Waals surface area contributed by atoms with Gasteiger partial charge in [0.05, 0.1) is 19.3 Å². The van der Waals surface area contributed by atoms with Gasteiger partial charge in [-0.25, -0.2) is 4.57 Å². The van der Waals surface area contributed by atoms with E-state index < -0.39 is 45.2 Å². The van der Waals surface area contributed by atoms with E-state index in [4.69, 9.17) is 24.3 Å². The predicted octanol–water partition coefficient (Wildman–Crippen LogP) is 10.3. The van der Waals surface area contributed by atoms with Gasteiger partial charge in [0.25, 0.3) is 0 Å². The van der Waals surface area contributed by atoms with Crippen molar-refractivity contribution in [3.05, 3.63) is 122 Å². The van der Waals surface area contributed by atoms with Gasteiger partial charge in [0.15, 0.2) is 6.10 Å². The molecule has 314 valence electrons. The number of allylic oxidation sites excluding steroid dienone is 19. The van der Waals surface area contributed by atoms with Crippen molar-refractivity contribution in [2.75, 3.05) is 26.4 Å². The van der Waals surface area contributed by atoms with Crippen molar-refractivity contribution in [2.45, 2.75) is 122 Å². The van der Waals surface area contributed by atoms with Crippen molar-refractivity contribution in [3.63, 3.8) is 0 Å².